The number of imidazole rings is 1. The van der Waals surface area contributed by atoms with E-state index < -0.39 is 0 Å². The smallest absolute Gasteiger partial charge is 0.323 e. The molecule has 0 amide bonds. The lowest BCUT2D eigenvalue weighted by Crippen LogP contribution is -2.22. The summed E-state index contributed by atoms with van der Waals surface area (Å²) in [5.41, 5.74) is 2.53. The number of anilines is 1. The molecule has 0 saturated carbocycles. The first-order valence-corrected chi connectivity index (χ1v) is 8.25. The molecule has 130 valence electrons. The molecule has 3 N–H and O–H groups in total. The minimum Gasteiger partial charge on any atom is -0.367 e. The first kappa shape index (κ1) is 17.0. The van der Waals surface area contributed by atoms with E-state index in [4.69, 9.17) is 0 Å². The molecule has 2 aromatic heterocycles. The summed E-state index contributed by atoms with van der Waals surface area (Å²) in [5.74, 6) is 0.888. The van der Waals surface area contributed by atoms with Crippen molar-refractivity contribution in [2.75, 3.05) is 5.32 Å². The minimum absolute atomic E-state index is 0.268. The zero-order valence-electron chi connectivity index (χ0n) is 14.4. The van der Waals surface area contributed by atoms with Crippen LogP contribution in [0, 0.1) is 11.7 Å². The Balaban J connectivity index is 2.00. The van der Waals surface area contributed by atoms with Gasteiger partial charge in [0, 0.05) is 23.4 Å². The second-order valence-electron chi connectivity index (χ2n) is 6.44. The maximum absolute atomic E-state index is 13.2. The highest BCUT2D eigenvalue weighted by molar-refractivity contribution is 5.78. The lowest BCUT2D eigenvalue weighted by Gasteiger charge is -2.18. The second kappa shape index (κ2) is 6.93. The largest absolute Gasteiger partial charge is 0.367 e. The van der Waals surface area contributed by atoms with Gasteiger partial charge in [-0.15, -0.1) is 0 Å². The lowest BCUT2D eigenvalue weighted by molar-refractivity contribution is 0.558. The zero-order chi connectivity index (χ0) is 18.0. The van der Waals surface area contributed by atoms with Crippen LogP contribution in [0.2, 0.25) is 0 Å². The molecule has 0 unspecified atom stereocenters. The van der Waals surface area contributed by atoms with E-state index in [9.17, 15) is 9.18 Å². The van der Waals surface area contributed by atoms with Crippen LogP contribution in [0.1, 0.15) is 20.8 Å². The topological polar surface area (TPSA) is 73.6 Å². The number of aromatic amines is 2. The van der Waals surface area contributed by atoms with Gasteiger partial charge in [-0.3, -0.25) is 0 Å². The summed E-state index contributed by atoms with van der Waals surface area (Å²) in [6.07, 6.45) is 1.70. The first-order valence-electron chi connectivity index (χ1n) is 8.25. The van der Waals surface area contributed by atoms with Crippen molar-refractivity contribution in [2.24, 2.45) is 5.92 Å². The van der Waals surface area contributed by atoms with E-state index in [2.05, 4.69) is 41.0 Å². The van der Waals surface area contributed by atoms with Gasteiger partial charge in [-0.05, 0) is 49.2 Å². The first-order chi connectivity index (χ1) is 11.9. The van der Waals surface area contributed by atoms with E-state index >= 15 is 0 Å². The molecule has 3 rings (SSSR count). The second-order valence-corrected chi connectivity index (χ2v) is 6.44. The van der Waals surface area contributed by atoms with Gasteiger partial charge in [0.2, 0.25) is 0 Å². The van der Waals surface area contributed by atoms with E-state index in [1.165, 1.54) is 12.1 Å². The Hall–Kier alpha value is -2.89. The highest BCUT2D eigenvalue weighted by Crippen LogP contribution is 2.29. The Morgan fingerprint density at radius 2 is 1.64 bits per heavy atom. The van der Waals surface area contributed by atoms with Crippen LogP contribution in [0.4, 0.5) is 10.2 Å². The zero-order valence-corrected chi connectivity index (χ0v) is 14.4. The Morgan fingerprint density at radius 3 is 2.28 bits per heavy atom. The van der Waals surface area contributed by atoms with Crippen LogP contribution in [0.25, 0.3) is 22.5 Å². The van der Waals surface area contributed by atoms with Crippen molar-refractivity contribution in [2.45, 2.75) is 26.8 Å². The van der Waals surface area contributed by atoms with Crippen LogP contribution < -0.4 is 11.0 Å². The number of aromatic nitrogens is 3. The predicted octanol–water partition coefficient (Wildman–Crippen LogP) is 4.03. The van der Waals surface area contributed by atoms with Gasteiger partial charge in [-0.1, -0.05) is 13.8 Å². The molecular weight excluding hydrogens is 319 g/mol. The summed E-state index contributed by atoms with van der Waals surface area (Å²) in [6, 6.07) is 10.0. The summed E-state index contributed by atoms with van der Waals surface area (Å²) in [4.78, 5) is 21.8. The summed E-state index contributed by atoms with van der Waals surface area (Å²) in [6.45, 7) is 6.37. The fraction of sp³-hybridized carbons (Fsp3) is 0.263. The summed E-state index contributed by atoms with van der Waals surface area (Å²) in [7, 11) is 0. The normalized spacial score (nSPS) is 12.4. The molecule has 0 aliphatic heterocycles. The number of pyridine rings is 1. The monoisotopic (exact) mass is 340 g/mol. The molecular formula is C19H21FN4O. The van der Waals surface area contributed by atoms with E-state index in [0.29, 0.717) is 17.3 Å². The van der Waals surface area contributed by atoms with Gasteiger partial charge in [-0.2, -0.15) is 0 Å². The molecule has 0 aliphatic rings. The van der Waals surface area contributed by atoms with Crippen LogP contribution in [-0.4, -0.2) is 21.0 Å². The predicted molar refractivity (Wildman–Crippen MR) is 98.0 cm³/mol. The number of hydrogen-bond acceptors (Lipinski definition) is 3. The molecule has 3 aromatic rings. The lowest BCUT2D eigenvalue weighted by atomic mass is 10.0. The van der Waals surface area contributed by atoms with Gasteiger partial charge in [-0.25, -0.2) is 14.2 Å². The minimum atomic E-state index is -0.318. The maximum atomic E-state index is 13.2. The molecule has 1 aromatic carbocycles. The van der Waals surface area contributed by atoms with Crippen LogP contribution in [0.15, 0.2) is 47.4 Å². The summed E-state index contributed by atoms with van der Waals surface area (Å²) in [5, 5.41) is 3.36. The Kier molecular flexibility index (Phi) is 4.70. The van der Waals surface area contributed by atoms with Crippen LogP contribution in [0.3, 0.4) is 0 Å². The van der Waals surface area contributed by atoms with Crippen molar-refractivity contribution in [3.63, 3.8) is 0 Å². The molecule has 0 bridgehead atoms. The number of benzene rings is 1. The van der Waals surface area contributed by atoms with E-state index in [0.717, 1.165) is 16.9 Å². The van der Waals surface area contributed by atoms with Crippen molar-refractivity contribution in [1.29, 1.82) is 0 Å². The molecule has 0 saturated heterocycles. The van der Waals surface area contributed by atoms with E-state index in [-0.39, 0.29) is 17.5 Å². The third-order valence-electron chi connectivity index (χ3n) is 4.28. The molecule has 0 radical (unpaired) electrons. The van der Waals surface area contributed by atoms with E-state index in [1.807, 2.05) is 12.1 Å². The van der Waals surface area contributed by atoms with Crippen molar-refractivity contribution in [3.05, 3.63) is 58.9 Å². The molecule has 0 fully saturated rings. The Morgan fingerprint density at radius 1 is 1.00 bits per heavy atom. The number of nitrogens with zero attached hydrogens (tertiary/aromatic N) is 1. The van der Waals surface area contributed by atoms with Gasteiger partial charge in [0.05, 0.1) is 11.4 Å². The van der Waals surface area contributed by atoms with Gasteiger partial charge in [0.15, 0.2) is 0 Å². The maximum Gasteiger partial charge on any atom is 0.323 e. The quantitative estimate of drug-likeness (QED) is 0.656. The van der Waals surface area contributed by atoms with Crippen molar-refractivity contribution < 1.29 is 4.39 Å². The third-order valence-corrected chi connectivity index (χ3v) is 4.28. The summed E-state index contributed by atoms with van der Waals surface area (Å²) < 4.78 is 13.2. The van der Waals surface area contributed by atoms with Crippen LogP contribution in [-0.2, 0) is 0 Å². The number of nitrogens with one attached hydrogen (secondary N) is 3. The fourth-order valence-corrected chi connectivity index (χ4v) is 2.50. The van der Waals surface area contributed by atoms with Crippen molar-refractivity contribution in [3.8, 4) is 22.5 Å². The number of hydrogen-bond donors (Lipinski definition) is 3. The molecule has 2 heterocycles. The van der Waals surface area contributed by atoms with Crippen LogP contribution in [0.5, 0.6) is 0 Å². The third kappa shape index (κ3) is 3.79. The highest BCUT2D eigenvalue weighted by atomic mass is 19.1. The van der Waals surface area contributed by atoms with E-state index in [1.54, 1.807) is 18.3 Å². The van der Waals surface area contributed by atoms with Gasteiger partial charge in [0.25, 0.3) is 0 Å². The number of halogens is 1. The number of rotatable bonds is 5. The fourth-order valence-electron chi connectivity index (χ4n) is 2.50. The average molecular weight is 340 g/mol. The van der Waals surface area contributed by atoms with Gasteiger partial charge >= 0.3 is 5.69 Å². The average Bonchev–Trinajstić information content (AvgIpc) is 2.97. The Labute approximate surface area is 145 Å². The molecule has 25 heavy (non-hydrogen) atoms. The SMILES string of the molecule is CC(C)[C@H](C)Nc1cc(-c2[nH]c(=O)[nH]c2-c2ccc(F)cc2)ccn1. The number of H-pyrrole nitrogens is 2. The standard InChI is InChI=1S/C19H21FN4O/c1-11(2)12(3)22-16-10-14(8-9-21-16)18-17(23-19(25)24-18)13-4-6-15(20)7-5-13/h4-12H,1-3H3,(H,21,22)(H2,23,24,25)/t12-/m0/s1. The van der Waals surface area contributed by atoms with Gasteiger partial charge < -0.3 is 15.3 Å². The molecule has 1 atom stereocenters. The van der Waals surface area contributed by atoms with Crippen molar-refractivity contribution in [1.82, 2.24) is 15.0 Å². The molecule has 5 nitrogen and oxygen atoms in total. The molecule has 0 aliphatic carbocycles. The molecule has 6 heteroatoms. The van der Waals surface area contributed by atoms with Gasteiger partial charge in [0.1, 0.15) is 11.6 Å². The highest BCUT2D eigenvalue weighted by Gasteiger charge is 2.14. The van der Waals surface area contributed by atoms with Crippen molar-refractivity contribution >= 4 is 5.82 Å². The summed E-state index contributed by atoms with van der Waals surface area (Å²) >= 11 is 0. The Bertz CT molecular complexity index is 912. The van der Waals surface area contributed by atoms with Crippen LogP contribution >= 0.6 is 0 Å². The molecule has 0 spiro atoms.